The van der Waals surface area contributed by atoms with Gasteiger partial charge in [-0.1, -0.05) is 12.8 Å². The van der Waals surface area contributed by atoms with E-state index in [2.05, 4.69) is 11.0 Å². The monoisotopic (exact) mass is 338 g/mol. The molecule has 0 aliphatic carbocycles. The molecule has 0 amide bonds. The third-order valence-electron chi connectivity index (χ3n) is 3.63. The molecule has 0 aromatic rings. The second kappa shape index (κ2) is 9.66. The molecule has 8 heteroatoms. The first-order chi connectivity index (χ1) is 9.97. The Balaban J connectivity index is 2.27. The number of piperidine rings is 1. The van der Waals surface area contributed by atoms with Crippen LogP contribution in [0, 0.1) is 5.92 Å². The highest BCUT2D eigenvalue weighted by Crippen LogP contribution is 2.18. The van der Waals surface area contributed by atoms with Crippen LogP contribution in [0.15, 0.2) is 0 Å². The van der Waals surface area contributed by atoms with Crippen LogP contribution in [-0.4, -0.2) is 55.4 Å². The van der Waals surface area contributed by atoms with Gasteiger partial charge >= 0.3 is 5.97 Å². The summed E-state index contributed by atoms with van der Waals surface area (Å²) in [5.41, 5.74) is 0. The molecule has 1 fully saturated rings. The van der Waals surface area contributed by atoms with Crippen molar-refractivity contribution in [3.05, 3.63) is 0 Å². The maximum absolute atomic E-state index is 12.1. The number of aliphatic carboxylic acids is 1. The van der Waals surface area contributed by atoms with Gasteiger partial charge in [-0.25, -0.2) is 4.72 Å². The number of carboxylic acid groups (broad SMARTS) is 1. The minimum Gasteiger partial charge on any atom is -0.481 e. The molecule has 1 aliphatic heterocycles. The van der Waals surface area contributed by atoms with Crippen molar-refractivity contribution in [2.75, 3.05) is 31.6 Å². The Hall–Kier alpha value is -0.310. The highest BCUT2D eigenvalue weighted by molar-refractivity contribution is 7.98. The predicted octanol–water partition coefficient (Wildman–Crippen LogP) is 1.54. The summed E-state index contributed by atoms with van der Waals surface area (Å²) in [5, 5.41) is 9.00. The number of unbranched alkanes of at least 4 members (excludes halogenated alkanes) is 3. The lowest BCUT2D eigenvalue weighted by Crippen LogP contribution is -2.47. The minimum atomic E-state index is -3.53. The van der Waals surface area contributed by atoms with Gasteiger partial charge in [-0.3, -0.25) is 4.79 Å². The summed E-state index contributed by atoms with van der Waals surface area (Å²) in [5.74, 6) is -0.346. The molecule has 124 valence electrons. The van der Waals surface area contributed by atoms with E-state index in [1.807, 2.05) is 11.8 Å². The fraction of sp³-hybridized carbons (Fsp3) is 0.923. The quantitative estimate of drug-likeness (QED) is 0.590. The lowest BCUT2D eigenvalue weighted by Gasteiger charge is -2.29. The molecule has 1 atom stereocenters. The van der Waals surface area contributed by atoms with Crippen molar-refractivity contribution in [2.24, 2.45) is 5.92 Å². The van der Waals surface area contributed by atoms with Crippen LogP contribution in [0.1, 0.15) is 38.5 Å². The van der Waals surface area contributed by atoms with Crippen molar-refractivity contribution in [1.29, 1.82) is 0 Å². The minimum absolute atomic E-state index is 0.0817. The van der Waals surface area contributed by atoms with E-state index in [0.717, 1.165) is 25.0 Å². The number of carboxylic acids is 1. The van der Waals surface area contributed by atoms with E-state index in [0.29, 0.717) is 25.9 Å². The van der Waals surface area contributed by atoms with Crippen LogP contribution in [0.2, 0.25) is 0 Å². The maximum Gasteiger partial charge on any atom is 0.307 e. The molecule has 1 aliphatic rings. The molecule has 0 radical (unpaired) electrons. The standard InChI is InChI=1S/C13H26N2O4S2/c1-20-10-5-3-2-4-8-14-21(18,19)15-9-6-7-12(11-15)13(16)17/h12,14H,2-11H2,1H3,(H,16,17). The Kier molecular flexibility index (Phi) is 8.62. The maximum atomic E-state index is 12.1. The molecule has 21 heavy (non-hydrogen) atoms. The summed E-state index contributed by atoms with van der Waals surface area (Å²) in [6, 6.07) is 0. The van der Waals surface area contributed by atoms with Gasteiger partial charge in [0.05, 0.1) is 5.92 Å². The van der Waals surface area contributed by atoms with Crippen molar-refractivity contribution < 1.29 is 18.3 Å². The van der Waals surface area contributed by atoms with Crippen LogP contribution in [0.3, 0.4) is 0 Å². The summed E-state index contributed by atoms with van der Waals surface area (Å²) in [6.45, 7) is 0.918. The number of hydrogen-bond acceptors (Lipinski definition) is 4. The van der Waals surface area contributed by atoms with E-state index in [1.54, 1.807) is 0 Å². The first kappa shape index (κ1) is 18.7. The SMILES string of the molecule is CSCCCCCCNS(=O)(=O)N1CCCC(C(=O)O)C1. The number of thioether (sulfide) groups is 1. The van der Waals surface area contributed by atoms with Crippen LogP contribution < -0.4 is 4.72 Å². The lowest BCUT2D eigenvalue weighted by atomic mass is 10.0. The summed E-state index contributed by atoms with van der Waals surface area (Å²) >= 11 is 1.82. The van der Waals surface area contributed by atoms with E-state index in [1.165, 1.54) is 10.7 Å². The highest BCUT2D eigenvalue weighted by atomic mass is 32.2. The normalized spacial score (nSPS) is 20.5. The van der Waals surface area contributed by atoms with Crippen LogP contribution in [0.25, 0.3) is 0 Å². The van der Waals surface area contributed by atoms with Crippen molar-refractivity contribution in [3.8, 4) is 0 Å². The zero-order valence-electron chi connectivity index (χ0n) is 12.6. The smallest absolute Gasteiger partial charge is 0.307 e. The average Bonchev–Trinajstić information content (AvgIpc) is 2.46. The lowest BCUT2D eigenvalue weighted by molar-refractivity contribution is -0.142. The van der Waals surface area contributed by atoms with Gasteiger partial charge in [0.2, 0.25) is 0 Å². The Morgan fingerprint density at radius 2 is 2.05 bits per heavy atom. The fourth-order valence-electron chi connectivity index (χ4n) is 2.38. The first-order valence-electron chi connectivity index (χ1n) is 7.44. The molecule has 6 nitrogen and oxygen atoms in total. The van der Waals surface area contributed by atoms with Gasteiger partial charge in [0.25, 0.3) is 10.2 Å². The van der Waals surface area contributed by atoms with Crippen LogP contribution in [0.4, 0.5) is 0 Å². The summed E-state index contributed by atoms with van der Waals surface area (Å²) in [6.07, 6.45) is 7.36. The molecular formula is C13H26N2O4S2. The molecule has 1 saturated heterocycles. The summed E-state index contributed by atoms with van der Waals surface area (Å²) in [7, 11) is -3.53. The summed E-state index contributed by atoms with van der Waals surface area (Å²) < 4.78 is 28.1. The molecule has 2 N–H and O–H groups in total. The molecule has 1 rings (SSSR count). The third-order valence-corrected chi connectivity index (χ3v) is 5.91. The van der Waals surface area contributed by atoms with Crippen LogP contribution >= 0.6 is 11.8 Å². The van der Waals surface area contributed by atoms with Gasteiger partial charge in [0, 0.05) is 19.6 Å². The molecule has 1 heterocycles. The molecule has 1 unspecified atom stereocenters. The van der Waals surface area contributed by atoms with Crippen molar-refractivity contribution in [3.63, 3.8) is 0 Å². The van der Waals surface area contributed by atoms with E-state index in [9.17, 15) is 13.2 Å². The Morgan fingerprint density at radius 1 is 1.33 bits per heavy atom. The summed E-state index contributed by atoms with van der Waals surface area (Å²) in [4.78, 5) is 11.0. The zero-order chi connectivity index (χ0) is 15.7. The topological polar surface area (TPSA) is 86.7 Å². The van der Waals surface area contributed by atoms with Crippen molar-refractivity contribution in [1.82, 2.24) is 9.03 Å². The second-order valence-electron chi connectivity index (χ2n) is 5.34. The van der Waals surface area contributed by atoms with Crippen LogP contribution in [0.5, 0.6) is 0 Å². The number of nitrogens with one attached hydrogen (secondary N) is 1. The fourth-order valence-corrected chi connectivity index (χ4v) is 4.20. The van der Waals surface area contributed by atoms with Crippen molar-refractivity contribution in [2.45, 2.75) is 38.5 Å². The molecule has 0 bridgehead atoms. The van der Waals surface area contributed by atoms with E-state index in [-0.39, 0.29) is 6.54 Å². The van der Waals surface area contributed by atoms with Gasteiger partial charge in [-0.2, -0.15) is 24.5 Å². The van der Waals surface area contributed by atoms with Gasteiger partial charge in [0.1, 0.15) is 0 Å². The number of rotatable bonds is 10. The van der Waals surface area contributed by atoms with Crippen LogP contribution in [-0.2, 0) is 15.0 Å². The van der Waals surface area contributed by atoms with Gasteiger partial charge in [-0.15, -0.1) is 0 Å². The largest absolute Gasteiger partial charge is 0.481 e. The van der Waals surface area contributed by atoms with Gasteiger partial charge < -0.3 is 5.11 Å². The number of carbonyl (C=O) groups is 1. The van der Waals surface area contributed by atoms with E-state index in [4.69, 9.17) is 5.11 Å². The Labute approximate surface area is 131 Å². The van der Waals surface area contributed by atoms with E-state index >= 15 is 0 Å². The molecule has 0 aromatic carbocycles. The molecular weight excluding hydrogens is 312 g/mol. The second-order valence-corrected chi connectivity index (χ2v) is 8.08. The molecule has 0 spiro atoms. The average molecular weight is 338 g/mol. The number of nitrogens with zero attached hydrogens (tertiary/aromatic N) is 1. The van der Waals surface area contributed by atoms with Gasteiger partial charge in [0.15, 0.2) is 0 Å². The molecule has 0 aromatic heterocycles. The Bertz CT molecular complexity index is 414. The Morgan fingerprint density at radius 3 is 2.71 bits per heavy atom. The first-order valence-corrected chi connectivity index (χ1v) is 10.3. The number of hydrogen-bond donors (Lipinski definition) is 2. The van der Waals surface area contributed by atoms with E-state index < -0.39 is 22.1 Å². The molecule has 0 saturated carbocycles. The van der Waals surface area contributed by atoms with Crippen molar-refractivity contribution >= 4 is 27.9 Å². The zero-order valence-corrected chi connectivity index (χ0v) is 14.2. The predicted molar refractivity (Wildman–Crippen MR) is 85.7 cm³/mol. The van der Waals surface area contributed by atoms with Gasteiger partial charge in [-0.05, 0) is 37.7 Å². The highest BCUT2D eigenvalue weighted by Gasteiger charge is 2.31. The third kappa shape index (κ3) is 6.99.